The van der Waals surface area contributed by atoms with Gasteiger partial charge >= 0.3 is 0 Å². The molecule has 2 heterocycles. The Bertz CT molecular complexity index is 637. The van der Waals surface area contributed by atoms with Crippen molar-refractivity contribution in [1.29, 1.82) is 0 Å². The first kappa shape index (κ1) is 15.9. The summed E-state index contributed by atoms with van der Waals surface area (Å²) >= 11 is 0. The molecule has 118 valence electrons. The largest absolute Gasteiger partial charge is 0.369 e. The zero-order valence-electron chi connectivity index (χ0n) is 13.0. The molecule has 22 heavy (non-hydrogen) atoms. The van der Waals surface area contributed by atoms with Crippen LogP contribution < -0.4 is 5.73 Å². The number of rotatable bonds is 8. The van der Waals surface area contributed by atoms with Crippen molar-refractivity contribution < 1.29 is 4.79 Å². The van der Waals surface area contributed by atoms with E-state index in [1.54, 1.807) is 12.5 Å². The van der Waals surface area contributed by atoms with E-state index < -0.39 is 5.91 Å². The first-order valence-corrected chi connectivity index (χ1v) is 7.36. The molecular weight excluding hydrogens is 280 g/mol. The van der Waals surface area contributed by atoms with Crippen LogP contribution in [-0.2, 0) is 30.6 Å². The van der Waals surface area contributed by atoms with Crippen molar-refractivity contribution in [2.24, 2.45) is 5.73 Å². The molecule has 0 aromatic carbocycles. The van der Waals surface area contributed by atoms with Crippen molar-refractivity contribution in [3.8, 4) is 0 Å². The first-order chi connectivity index (χ1) is 10.5. The highest BCUT2D eigenvalue weighted by Crippen LogP contribution is 2.07. The Hall–Kier alpha value is -2.44. The fraction of sp³-hybridized carbons (Fsp3) is 0.467. The van der Waals surface area contributed by atoms with Gasteiger partial charge in [0.25, 0.3) is 0 Å². The summed E-state index contributed by atoms with van der Waals surface area (Å²) in [7, 11) is 0. The smallest absolute Gasteiger partial charge is 0.225 e. The number of hydrogen-bond donors (Lipinski definition) is 2. The molecule has 7 heteroatoms. The zero-order chi connectivity index (χ0) is 15.9. The second kappa shape index (κ2) is 7.53. The lowest BCUT2D eigenvalue weighted by molar-refractivity contribution is -0.117. The van der Waals surface area contributed by atoms with E-state index in [1.165, 1.54) is 5.57 Å². The minimum atomic E-state index is -0.415. The summed E-state index contributed by atoms with van der Waals surface area (Å²) in [5.74, 6) is 0.958. The SMILES string of the molecule is CC(C)=CCCc1nc(CC(N)=O)nn1CCc1cnc[nH]1. The van der Waals surface area contributed by atoms with Crippen molar-refractivity contribution >= 4 is 5.91 Å². The van der Waals surface area contributed by atoms with Crippen LogP contribution in [0.25, 0.3) is 0 Å². The van der Waals surface area contributed by atoms with Crippen LogP contribution in [-0.4, -0.2) is 30.6 Å². The number of allylic oxidation sites excluding steroid dienone is 2. The van der Waals surface area contributed by atoms with Crippen LogP contribution in [0, 0.1) is 0 Å². The van der Waals surface area contributed by atoms with E-state index in [4.69, 9.17) is 5.73 Å². The quantitative estimate of drug-likeness (QED) is 0.714. The van der Waals surface area contributed by atoms with Gasteiger partial charge in [0.05, 0.1) is 12.7 Å². The molecule has 0 aliphatic rings. The van der Waals surface area contributed by atoms with Gasteiger partial charge in [-0.2, -0.15) is 5.10 Å². The number of nitrogens with zero attached hydrogens (tertiary/aromatic N) is 4. The second-order valence-corrected chi connectivity index (χ2v) is 5.46. The average molecular weight is 302 g/mol. The summed E-state index contributed by atoms with van der Waals surface area (Å²) in [6.07, 6.45) is 8.18. The number of amides is 1. The molecule has 1 amide bonds. The van der Waals surface area contributed by atoms with Gasteiger partial charge < -0.3 is 10.7 Å². The summed E-state index contributed by atoms with van der Waals surface area (Å²) < 4.78 is 1.86. The Morgan fingerprint density at radius 1 is 1.41 bits per heavy atom. The number of carbonyl (C=O) groups is 1. The predicted molar refractivity (Wildman–Crippen MR) is 83.0 cm³/mol. The molecule has 7 nitrogen and oxygen atoms in total. The summed E-state index contributed by atoms with van der Waals surface area (Å²) in [5.41, 5.74) is 7.55. The molecule has 0 radical (unpaired) electrons. The van der Waals surface area contributed by atoms with E-state index in [2.05, 4.69) is 40.0 Å². The summed E-state index contributed by atoms with van der Waals surface area (Å²) in [6, 6.07) is 0. The van der Waals surface area contributed by atoms with Crippen LogP contribution in [0.2, 0.25) is 0 Å². The second-order valence-electron chi connectivity index (χ2n) is 5.46. The molecule has 2 rings (SSSR count). The number of nitrogens with one attached hydrogen (secondary N) is 1. The lowest BCUT2D eigenvalue weighted by atomic mass is 10.2. The topological polar surface area (TPSA) is 102 Å². The Labute approximate surface area is 129 Å². The number of imidazole rings is 1. The summed E-state index contributed by atoms with van der Waals surface area (Å²) in [5, 5.41) is 4.40. The van der Waals surface area contributed by atoms with E-state index in [-0.39, 0.29) is 6.42 Å². The molecule has 0 saturated heterocycles. The third kappa shape index (κ3) is 4.83. The molecule has 3 N–H and O–H groups in total. The Kier molecular flexibility index (Phi) is 5.46. The van der Waals surface area contributed by atoms with Crippen LogP contribution in [0.1, 0.15) is 37.6 Å². The van der Waals surface area contributed by atoms with Crippen molar-refractivity contribution in [2.75, 3.05) is 0 Å². The minimum absolute atomic E-state index is 0.0761. The molecule has 0 saturated carbocycles. The van der Waals surface area contributed by atoms with Gasteiger partial charge in [-0.05, 0) is 20.3 Å². The fourth-order valence-electron chi connectivity index (χ4n) is 2.16. The third-order valence-electron chi connectivity index (χ3n) is 3.19. The highest BCUT2D eigenvalue weighted by Gasteiger charge is 2.11. The third-order valence-corrected chi connectivity index (χ3v) is 3.19. The monoisotopic (exact) mass is 302 g/mol. The predicted octanol–water partition coefficient (Wildman–Crippen LogP) is 1.17. The Morgan fingerprint density at radius 3 is 2.86 bits per heavy atom. The van der Waals surface area contributed by atoms with Crippen LogP contribution in [0.5, 0.6) is 0 Å². The molecule has 0 bridgehead atoms. The van der Waals surface area contributed by atoms with E-state index in [1.807, 2.05) is 4.68 Å². The standard InChI is InChI=1S/C15H22N6O/c1-11(2)4-3-5-15-19-14(8-13(16)22)20-21(15)7-6-12-9-17-10-18-12/h4,9-10H,3,5-8H2,1-2H3,(H2,16,22)(H,17,18). The number of aryl methyl sites for hydroxylation is 3. The van der Waals surface area contributed by atoms with Gasteiger partial charge in [0, 0.05) is 31.3 Å². The van der Waals surface area contributed by atoms with Crippen molar-refractivity contribution in [1.82, 2.24) is 24.7 Å². The van der Waals surface area contributed by atoms with Crippen LogP contribution >= 0.6 is 0 Å². The van der Waals surface area contributed by atoms with Gasteiger partial charge in [0.1, 0.15) is 5.82 Å². The Balaban J connectivity index is 2.07. The number of aromatic amines is 1. The van der Waals surface area contributed by atoms with Crippen molar-refractivity contribution in [2.45, 2.75) is 46.1 Å². The van der Waals surface area contributed by atoms with E-state index >= 15 is 0 Å². The summed E-state index contributed by atoms with van der Waals surface area (Å²) in [4.78, 5) is 22.6. The van der Waals surface area contributed by atoms with Crippen LogP contribution in [0.15, 0.2) is 24.2 Å². The van der Waals surface area contributed by atoms with Gasteiger partial charge in [-0.15, -0.1) is 0 Å². The average Bonchev–Trinajstić information content (AvgIpc) is 3.05. The minimum Gasteiger partial charge on any atom is -0.369 e. The maximum absolute atomic E-state index is 11.0. The summed E-state index contributed by atoms with van der Waals surface area (Å²) in [6.45, 7) is 4.83. The number of hydrogen-bond acceptors (Lipinski definition) is 4. The highest BCUT2D eigenvalue weighted by molar-refractivity contribution is 5.75. The number of carbonyl (C=O) groups excluding carboxylic acids is 1. The molecule has 0 unspecified atom stereocenters. The number of aromatic nitrogens is 5. The maximum Gasteiger partial charge on any atom is 0.225 e. The lowest BCUT2D eigenvalue weighted by Gasteiger charge is -2.04. The normalized spacial score (nSPS) is 10.6. The zero-order valence-corrected chi connectivity index (χ0v) is 13.0. The number of H-pyrrole nitrogens is 1. The van der Waals surface area contributed by atoms with E-state index in [0.29, 0.717) is 12.4 Å². The molecule has 0 fully saturated rings. The van der Waals surface area contributed by atoms with E-state index in [9.17, 15) is 4.79 Å². The molecule has 0 spiro atoms. The molecular formula is C15H22N6O. The van der Waals surface area contributed by atoms with Crippen molar-refractivity contribution in [3.05, 3.63) is 41.5 Å². The van der Waals surface area contributed by atoms with Crippen molar-refractivity contribution in [3.63, 3.8) is 0 Å². The van der Waals surface area contributed by atoms with E-state index in [0.717, 1.165) is 30.8 Å². The van der Waals surface area contributed by atoms with Gasteiger partial charge in [0.2, 0.25) is 5.91 Å². The van der Waals surface area contributed by atoms with Gasteiger partial charge in [0.15, 0.2) is 5.82 Å². The number of primary amides is 1. The molecule has 2 aromatic rings. The molecule has 0 aliphatic carbocycles. The van der Waals surface area contributed by atoms with Gasteiger partial charge in [-0.25, -0.2) is 14.6 Å². The Morgan fingerprint density at radius 2 is 2.23 bits per heavy atom. The van der Waals surface area contributed by atoms with Gasteiger partial charge in [-0.3, -0.25) is 4.79 Å². The lowest BCUT2D eigenvalue weighted by Crippen LogP contribution is -2.15. The molecule has 2 aromatic heterocycles. The molecule has 0 atom stereocenters. The first-order valence-electron chi connectivity index (χ1n) is 7.36. The van der Waals surface area contributed by atoms with Gasteiger partial charge in [-0.1, -0.05) is 11.6 Å². The van der Waals surface area contributed by atoms with Crippen LogP contribution in [0.3, 0.4) is 0 Å². The number of nitrogens with two attached hydrogens (primary N) is 1. The fourth-order valence-corrected chi connectivity index (χ4v) is 2.16. The molecule has 0 aliphatic heterocycles. The highest BCUT2D eigenvalue weighted by atomic mass is 16.1. The van der Waals surface area contributed by atoms with Crippen LogP contribution in [0.4, 0.5) is 0 Å². The maximum atomic E-state index is 11.0.